The molecule has 0 aliphatic carbocycles. The van der Waals surface area contributed by atoms with E-state index < -0.39 is 144 Å². The molecule has 0 spiro atoms. The van der Waals surface area contributed by atoms with E-state index >= 15 is 0 Å². The smallest absolute Gasteiger partial charge is 0.239 e. The number of hydrogen-bond acceptors (Lipinski definition) is 20. The summed E-state index contributed by atoms with van der Waals surface area (Å²) in [5, 5.41) is 125. The lowest BCUT2D eigenvalue weighted by Gasteiger charge is -2.46. The van der Waals surface area contributed by atoms with Crippen LogP contribution in [0.3, 0.4) is 0 Å². The molecule has 3 aliphatic rings. The zero-order valence-electron chi connectivity index (χ0n) is 27.9. The zero-order valence-corrected chi connectivity index (χ0v) is 27.9. The third kappa shape index (κ3) is 7.34. The Hall–Kier alpha value is -3.87. The van der Waals surface area contributed by atoms with Crippen LogP contribution in [-0.2, 0) is 23.7 Å². The van der Waals surface area contributed by atoms with Crippen molar-refractivity contribution in [1.82, 2.24) is 0 Å². The van der Waals surface area contributed by atoms with Gasteiger partial charge in [-0.15, -0.1) is 0 Å². The molecular weight excluding hydrogens is 716 g/mol. The standard InChI is InChI=1S/C33H40O20/c1-9-19(38)23(42)25(44)32(49-9)52-29-20(39)10(2)48-31(27(29)46)47-8-17-21(40)24(43)26(45)33(51-17)53-30-22(41)18-15(37)6-12(34)7-16(18)50-28(30)11-3-4-13(35)14(36)5-11/h3-7,9-10,17,19-21,23-27,29,31-40,42-46H,8H2,1-2H3/t9?,10?,17?,19-,20-,21-,23-,24?,25?,26?,27?,29-,31+,32-,33-/m0/s1. The van der Waals surface area contributed by atoms with Crippen LogP contribution >= 0.6 is 0 Å². The first-order valence-electron chi connectivity index (χ1n) is 16.4. The Morgan fingerprint density at radius 2 is 1.28 bits per heavy atom. The molecule has 6 rings (SSSR count). The van der Waals surface area contributed by atoms with Gasteiger partial charge < -0.3 is 94.1 Å². The van der Waals surface area contributed by atoms with E-state index in [-0.39, 0.29) is 11.1 Å². The van der Waals surface area contributed by atoms with Gasteiger partial charge in [0.25, 0.3) is 0 Å². The Labute approximate surface area is 298 Å². The number of fused-ring (bicyclic) bond motifs is 1. The monoisotopic (exact) mass is 756 g/mol. The maximum atomic E-state index is 13.7. The molecule has 292 valence electrons. The highest BCUT2D eigenvalue weighted by atomic mass is 16.7. The highest BCUT2D eigenvalue weighted by Gasteiger charge is 2.51. The Bertz CT molecular complexity index is 1830. The summed E-state index contributed by atoms with van der Waals surface area (Å²) in [5.41, 5.74) is -1.45. The summed E-state index contributed by atoms with van der Waals surface area (Å²) in [4.78, 5) is 13.7. The van der Waals surface area contributed by atoms with Crippen LogP contribution in [0.5, 0.6) is 28.7 Å². The van der Waals surface area contributed by atoms with Gasteiger partial charge >= 0.3 is 0 Å². The maximum absolute atomic E-state index is 13.7. The molecule has 20 nitrogen and oxygen atoms in total. The number of rotatable bonds is 8. The van der Waals surface area contributed by atoms with Gasteiger partial charge in [-0.3, -0.25) is 4.79 Å². The predicted molar refractivity (Wildman–Crippen MR) is 171 cm³/mol. The SMILES string of the molecule is CC1O[C@@H](O[C@@H]2C(O)[C@H](OCC3O[C@@H](Oc4c(-c5ccc(O)c(O)c5)oc5cc(O)cc(O)c5c4=O)C(O)C(O)[C@H]3O)OC(C)[C@@H]2O)C(O)[C@@H](O)[C@H]1O. The van der Waals surface area contributed by atoms with Crippen LogP contribution in [-0.4, -0.2) is 160 Å². The van der Waals surface area contributed by atoms with Crippen molar-refractivity contribution in [3.05, 3.63) is 40.6 Å². The van der Waals surface area contributed by atoms with Gasteiger partial charge in [-0.2, -0.15) is 0 Å². The molecule has 12 N–H and O–H groups in total. The summed E-state index contributed by atoms with van der Waals surface area (Å²) in [6, 6.07) is 5.15. The van der Waals surface area contributed by atoms with Gasteiger partial charge in [0.05, 0.1) is 18.8 Å². The molecule has 20 heteroatoms. The third-order valence-corrected chi connectivity index (χ3v) is 9.36. The fourth-order valence-corrected chi connectivity index (χ4v) is 6.26. The average molecular weight is 757 g/mol. The number of benzene rings is 2. The second kappa shape index (κ2) is 15.1. The number of aromatic hydroxyl groups is 4. The number of aliphatic hydroxyl groups is 8. The molecule has 2 aromatic carbocycles. The van der Waals surface area contributed by atoms with E-state index in [2.05, 4.69) is 0 Å². The highest BCUT2D eigenvalue weighted by Crippen LogP contribution is 2.40. The molecule has 4 heterocycles. The van der Waals surface area contributed by atoms with Crippen molar-refractivity contribution in [3.63, 3.8) is 0 Å². The van der Waals surface area contributed by atoms with Crippen molar-refractivity contribution in [2.45, 2.75) is 106 Å². The van der Waals surface area contributed by atoms with Crippen LogP contribution < -0.4 is 10.2 Å². The Morgan fingerprint density at radius 1 is 0.642 bits per heavy atom. The minimum absolute atomic E-state index is 0.0642. The zero-order chi connectivity index (χ0) is 38.6. The first-order valence-corrected chi connectivity index (χ1v) is 16.4. The van der Waals surface area contributed by atoms with Crippen molar-refractivity contribution in [3.8, 4) is 40.1 Å². The number of phenols is 4. The minimum Gasteiger partial charge on any atom is -0.508 e. The summed E-state index contributed by atoms with van der Waals surface area (Å²) in [5.74, 6) is -3.51. The molecule has 1 aromatic heterocycles. The van der Waals surface area contributed by atoms with E-state index in [9.17, 15) is 66.1 Å². The molecular formula is C33H40O20. The van der Waals surface area contributed by atoms with Gasteiger partial charge in [-0.1, -0.05) is 0 Å². The second-order valence-electron chi connectivity index (χ2n) is 13.1. The summed E-state index contributed by atoms with van der Waals surface area (Å²) >= 11 is 0. The molecule has 3 saturated heterocycles. The number of aliphatic hydroxyl groups excluding tert-OH is 8. The average Bonchev–Trinajstić information content (AvgIpc) is 3.11. The molecule has 0 radical (unpaired) electrons. The summed E-state index contributed by atoms with van der Waals surface area (Å²) in [6.07, 6.45) is -24.5. The van der Waals surface area contributed by atoms with Crippen molar-refractivity contribution in [2.75, 3.05) is 6.61 Å². The van der Waals surface area contributed by atoms with Crippen molar-refractivity contribution < 1.29 is 94.1 Å². The third-order valence-electron chi connectivity index (χ3n) is 9.36. The van der Waals surface area contributed by atoms with Gasteiger partial charge in [-0.05, 0) is 32.0 Å². The van der Waals surface area contributed by atoms with Crippen LogP contribution in [0.2, 0.25) is 0 Å². The van der Waals surface area contributed by atoms with Gasteiger partial charge in [0, 0.05) is 17.7 Å². The van der Waals surface area contributed by atoms with Gasteiger partial charge in [-0.25, -0.2) is 0 Å². The normalized spacial score (nSPS) is 37.8. The molecule has 0 saturated carbocycles. The van der Waals surface area contributed by atoms with Crippen molar-refractivity contribution in [2.24, 2.45) is 0 Å². The van der Waals surface area contributed by atoms with E-state index in [1.165, 1.54) is 19.9 Å². The Balaban J connectivity index is 1.23. The first-order chi connectivity index (χ1) is 25.0. The largest absolute Gasteiger partial charge is 0.508 e. The van der Waals surface area contributed by atoms with Gasteiger partial charge in [0.1, 0.15) is 83.5 Å². The van der Waals surface area contributed by atoms with E-state index in [0.717, 1.165) is 24.3 Å². The topological polar surface area (TPSA) is 328 Å². The first kappa shape index (κ1) is 38.8. The van der Waals surface area contributed by atoms with Crippen LogP contribution in [0.15, 0.2) is 39.5 Å². The van der Waals surface area contributed by atoms with E-state index in [1.54, 1.807) is 0 Å². The number of phenolic OH excluding ortho intramolecular Hbond substituents is 4. The molecule has 7 unspecified atom stereocenters. The summed E-state index contributed by atoms with van der Waals surface area (Å²) < 4.78 is 39.5. The van der Waals surface area contributed by atoms with E-state index in [4.69, 9.17) is 32.8 Å². The predicted octanol–water partition coefficient (Wildman–Crippen LogP) is -2.84. The summed E-state index contributed by atoms with van der Waals surface area (Å²) in [7, 11) is 0. The van der Waals surface area contributed by atoms with Gasteiger partial charge in [0.15, 0.2) is 29.8 Å². The fourth-order valence-electron chi connectivity index (χ4n) is 6.26. The lowest BCUT2D eigenvalue weighted by molar-refractivity contribution is -0.358. The quantitative estimate of drug-likeness (QED) is 0.103. The number of hydrogen-bond donors (Lipinski definition) is 12. The molecule has 3 aromatic rings. The van der Waals surface area contributed by atoms with Crippen LogP contribution in [0, 0.1) is 0 Å². The minimum atomic E-state index is -2.03. The fraction of sp³-hybridized carbons (Fsp3) is 0.545. The Kier molecular flexibility index (Phi) is 11.1. The van der Waals surface area contributed by atoms with Crippen LogP contribution in [0.1, 0.15) is 13.8 Å². The number of ether oxygens (including phenoxy) is 6. The molecule has 53 heavy (non-hydrogen) atoms. The Morgan fingerprint density at radius 3 is 1.98 bits per heavy atom. The molecule has 3 aliphatic heterocycles. The van der Waals surface area contributed by atoms with Crippen molar-refractivity contribution in [1.29, 1.82) is 0 Å². The van der Waals surface area contributed by atoms with Crippen LogP contribution in [0.25, 0.3) is 22.3 Å². The maximum Gasteiger partial charge on any atom is 0.239 e. The summed E-state index contributed by atoms with van der Waals surface area (Å²) in [6.45, 7) is 2.11. The van der Waals surface area contributed by atoms with E-state index in [1.807, 2.05) is 0 Å². The van der Waals surface area contributed by atoms with Gasteiger partial charge in [0.2, 0.25) is 17.5 Å². The molecule has 0 amide bonds. The lowest BCUT2D eigenvalue weighted by Crippen LogP contribution is -2.64. The lowest BCUT2D eigenvalue weighted by atomic mass is 9.97. The second-order valence-corrected chi connectivity index (χ2v) is 13.1. The van der Waals surface area contributed by atoms with Crippen LogP contribution in [0.4, 0.5) is 0 Å². The highest BCUT2D eigenvalue weighted by molar-refractivity contribution is 5.88. The molecule has 0 bridgehead atoms. The van der Waals surface area contributed by atoms with Crippen molar-refractivity contribution >= 4 is 11.0 Å². The van der Waals surface area contributed by atoms with E-state index in [0.29, 0.717) is 0 Å². The molecule has 15 atom stereocenters. The molecule has 3 fully saturated rings.